The zero-order valence-corrected chi connectivity index (χ0v) is 21.1. The number of amides is 2. The second-order valence-corrected chi connectivity index (χ2v) is 10.1. The maximum Gasteiger partial charge on any atom is 0.260 e. The Hall–Kier alpha value is -2.94. The van der Waals surface area contributed by atoms with Gasteiger partial charge in [-0.2, -0.15) is 0 Å². The summed E-state index contributed by atoms with van der Waals surface area (Å²) in [7, 11) is 0. The van der Waals surface area contributed by atoms with Gasteiger partial charge in [-0.3, -0.25) is 9.59 Å². The van der Waals surface area contributed by atoms with Crippen LogP contribution in [0.5, 0.6) is 5.75 Å². The van der Waals surface area contributed by atoms with Crippen LogP contribution in [0.25, 0.3) is 0 Å². The van der Waals surface area contributed by atoms with Crippen molar-refractivity contribution in [2.24, 2.45) is 0 Å². The first-order chi connectivity index (χ1) is 17.3. The normalized spacial score (nSPS) is 20.7. The first-order valence-electron chi connectivity index (χ1n) is 12.8. The number of hydrogen-bond acceptors (Lipinski definition) is 6. The van der Waals surface area contributed by atoms with Crippen molar-refractivity contribution in [1.82, 2.24) is 15.1 Å². The van der Waals surface area contributed by atoms with Gasteiger partial charge in [-0.25, -0.2) is 0 Å². The summed E-state index contributed by atoms with van der Waals surface area (Å²) in [5.74, 6) is 0.534. The summed E-state index contributed by atoms with van der Waals surface area (Å²) in [5.41, 5.74) is 3.16. The molecule has 36 heavy (non-hydrogen) atoms. The molecule has 0 aromatic heterocycles. The van der Waals surface area contributed by atoms with Crippen LogP contribution in [0, 0.1) is 0 Å². The van der Waals surface area contributed by atoms with Gasteiger partial charge in [0.05, 0.1) is 12.2 Å². The van der Waals surface area contributed by atoms with Crippen molar-refractivity contribution in [3.05, 3.63) is 65.2 Å². The first kappa shape index (κ1) is 26.1. The topological polar surface area (TPSA) is 102 Å². The van der Waals surface area contributed by atoms with Crippen LogP contribution >= 0.6 is 0 Å². The fraction of sp³-hybridized carbons (Fsp3) is 0.500. The molecule has 4 rings (SSSR count). The third-order valence-electron chi connectivity index (χ3n) is 6.97. The Kier molecular flexibility index (Phi) is 8.61. The van der Waals surface area contributed by atoms with E-state index in [4.69, 9.17) is 4.74 Å². The molecule has 2 aliphatic rings. The van der Waals surface area contributed by atoms with Gasteiger partial charge in [0, 0.05) is 44.3 Å². The van der Waals surface area contributed by atoms with Crippen molar-refractivity contribution in [3.63, 3.8) is 0 Å². The fourth-order valence-corrected chi connectivity index (χ4v) is 4.81. The third kappa shape index (κ3) is 6.63. The third-order valence-corrected chi connectivity index (χ3v) is 6.97. The van der Waals surface area contributed by atoms with E-state index >= 15 is 0 Å². The Bertz CT molecular complexity index is 1040. The van der Waals surface area contributed by atoms with Crippen LogP contribution in [0.2, 0.25) is 0 Å². The van der Waals surface area contributed by atoms with Gasteiger partial charge >= 0.3 is 0 Å². The summed E-state index contributed by atoms with van der Waals surface area (Å²) < 4.78 is 5.62. The molecule has 3 N–H and O–H groups in total. The molecule has 0 radical (unpaired) electrons. The van der Waals surface area contributed by atoms with Gasteiger partial charge < -0.3 is 30.1 Å². The maximum absolute atomic E-state index is 13.1. The lowest BCUT2D eigenvalue weighted by atomic mass is 9.88. The number of β-amino-alcohol motifs (C(OH)–C–C–N with tert-alkyl or cyclic N) is 2. The summed E-state index contributed by atoms with van der Waals surface area (Å²) in [5, 5.41) is 22.7. The first-order valence-corrected chi connectivity index (χ1v) is 12.8. The minimum absolute atomic E-state index is 0.0362. The van der Waals surface area contributed by atoms with Gasteiger partial charge in [-0.05, 0) is 48.1 Å². The highest BCUT2D eigenvalue weighted by atomic mass is 16.5. The number of carbonyl (C=O) groups excluding carboxylic acids is 2. The molecule has 2 amide bonds. The molecule has 0 unspecified atom stereocenters. The number of aliphatic hydroxyl groups is 2. The van der Waals surface area contributed by atoms with E-state index in [2.05, 4.69) is 43.4 Å². The summed E-state index contributed by atoms with van der Waals surface area (Å²) in [4.78, 5) is 28.7. The number of likely N-dealkylation sites (tertiary alicyclic amines) is 2. The predicted molar refractivity (Wildman–Crippen MR) is 137 cm³/mol. The molecule has 2 aliphatic heterocycles. The van der Waals surface area contributed by atoms with E-state index in [0.717, 1.165) is 19.4 Å². The minimum atomic E-state index is -0.926. The molecular weight excluding hydrogens is 458 g/mol. The Balaban J connectivity index is 1.29. The van der Waals surface area contributed by atoms with E-state index in [-0.39, 0.29) is 31.5 Å². The molecule has 0 bridgehead atoms. The second-order valence-electron chi connectivity index (χ2n) is 10.1. The van der Waals surface area contributed by atoms with Gasteiger partial charge in [0.25, 0.3) is 11.8 Å². The van der Waals surface area contributed by atoms with Crippen LogP contribution in [-0.2, 0) is 11.3 Å². The van der Waals surface area contributed by atoms with Gasteiger partial charge in [-0.1, -0.05) is 44.2 Å². The highest BCUT2D eigenvalue weighted by Crippen LogP contribution is 2.29. The number of aliphatic hydroxyl groups excluding tert-OH is 2. The largest absolute Gasteiger partial charge is 0.484 e. The molecule has 0 saturated carbocycles. The molecule has 8 nitrogen and oxygen atoms in total. The van der Waals surface area contributed by atoms with Crippen molar-refractivity contribution in [1.29, 1.82) is 0 Å². The van der Waals surface area contributed by atoms with Crippen molar-refractivity contribution >= 4 is 11.8 Å². The number of nitrogens with one attached hydrogen (secondary N) is 1. The molecule has 0 spiro atoms. The lowest BCUT2D eigenvalue weighted by Crippen LogP contribution is -2.38. The van der Waals surface area contributed by atoms with Crippen molar-refractivity contribution < 1.29 is 24.5 Å². The van der Waals surface area contributed by atoms with E-state index in [1.807, 2.05) is 4.90 Å². The number of nitrogens with zero attached hydrogens (tertiary/aromatic N) is 2. The zero-order valence-electron chi connectivity index (χ0n) is 21.1. The number of benzene rings is 2. The molecular formula is C28H37N3O5. The molecule has 2 heterocycles. The predicted octanol–water partition coefficient (Wildman–Crippen LogP) is 2.15. The standard InChI is InChI=1S/C28H37N3O5/c1-19(2)29-15-20-5-3-6-22(13-20)21-9-11-30(12-10-21)28(35)23-7-4-8-24(14-23)36-18-27(34)31-16-25(32)26(33)17-31/h3-8,13-14,19,21,25-26,29,32-33H,9-12,15-18H2,1-2H3/t25-,26+. The Morgan fingerprint density at radius 2 is 1.69 bits per heavy atom. The van der Waals surface area contributed by atoms with Crippen LogP contribution in [0.1, 0.15) is 54.1 Å². The van der Waals surface area contributed by atoms with Crippen LogP contribution in [0.4, 0.5) is 0 Å². The fourth-order valence-electron chi connectivity index (χ4n) is 4.81. The lowest BCUT2D eigenvalue weighted by molar-refractivity contribution is -0.132. The van der Waals surface area contributed by atoms with Crippen molar-refractivity contribution in [2.45, 2.75) is 57.4 Å². The summed E-state index contributed by atoms with van der Waals surface area (Å²) >= 11 is 0. The van der Waals surface area contributed by atoms with E-state index in [1.165, 1.54) is 16.0 Å². The SMILES string of the molecule is CC(C)NCc1cccc(C2CCN(C(=O)c3cccc(OCC(=O)N4C[C@@H](O)[C@@H](O)C4)c3)CC2)c1. The summed E-state index contributed by atoms with van der Waals surface area (Å²) in [6.07, 6.45) is -0.00878. The van der Waals surface area contributed by atoms with Gasteiger partial charge in [0.1, 0.15) is 5.75 Å². The van der Waals surface area contributed by atoms with E-state index in [0.29, 0.717) is 36.4 Å². The highest BCUT2D eigenvalue weighted by Gasteiger charge is 2.32. The Labute approximate surface area is 212 Å². The average molecular weight is 496 g/mol. The highest BCUT2D eigenvalue weighted by molar-refractivity contribution is 5.94. The smallest absolute Gasteiger partial charge is 0.260 e. The minimum Gasteiger partial charge on any atom is -0.484 e. The Morgan fingerprint density at radius 3 is 2.39 bits per heavy atom. The molecule has 2 fully saturated rings. The van der Waals surface area contributed by atoms with Crippen LogP contribution < -0.4 is 10.1 Å². The van der Waals surface area contributed by atoms with Crippen molar-refractivity contribution in [2.75, 3.05) is 32.8 Å². The molecule has 8 heteroatoms. The molecule has 2 atom stereocenters. The van der Waals surface area contributed by atoms with Gasteiger partial charge in [-0.15, -0.1) is 0 Å². The van der Waals surface area contributed by atoms with E-state index in [1.54, 1.807) is 24.3 Å². The van der Waals surface area contributed by atoms with Gasteiger partial charge in [0.15, 0.2) is 6.61 Å². The maximum atomic E-state index is 13.1. The van der Waals surface area contributed by atoms with E-state index < -0.39 is 12.2 Å². The molecule has 0 aliphatic carbocycles. The van der Waals surface area contributed by atoms with Gasteiger partial charge in [0.2, 0.25) is 0 Å². The molecule has 194 valence electrons. The lowest BCUT2D eigenvalue weighted by Gasteiger charge is -2.32. The zero-order chi connectivity index (χ0) is 25.7. The average Bonchev–Trinajstić information content (AvgIpc) is 3.24. The molecule has 2 saturated heterocycles. The number of ether oxygens (including phenoxy) is 1. The number of piperidine rings is 1. The van der Waals surface area contributed by atoms with Crippen LogP contribution in [-0.4, -0.2) is 82.9 Å². The monoisotopic (exact) mass is 495 g/mol. The summed E-state index contributed by atoms with van der Waals surface area (Å²) in [6, 6.07) is 16.1. The Morgan fingerprint density at radius 1 is 1.00 bits per heavy atom. The van der Waals surface area contributed by atoms with E-state index in [9.17, 15) is 19.8 Å². The molecule has 2 aromatic carbocycles. The number of carbonyl (C=O) groups is 2. The second kappa shape index (κ2) is 11.9. The van der Waals surface area contributed by atoms with Crippen molar-refractivity contribution in [3.8, 4) is 5.75 Å². The molecule has 2 aromatic rings. The van der Waals surface area contributed by atoms with Crippen LogP contribution in [0.3, 0.4) is 0 Å². The quantitative estimate of drug-likeness (QED) is 0.519. The summed E-state index contributed by atoms with van der Waals surface area (Å²) in [6.45, 7) is 6.51. The number of rotatable bonds is 8. The van der Waals surface area contributed by atoms with Crippen LogP contribution in [0.15, 0.2) is 48.5 Å². The number of hydrogen-bond donors (Lipinski definition) is 3.